The van der Waals surface area contributed by atoms with Crippen molar-refractivity contribution in [2.75, 3.05) is 17.2 Å². The van der Waals surface area contributed by atoms with Crippen LogP contribution in [-0.2, 0) is 4.79 Å². The molecule has 2 aromatic rings. The van der Waals surface area contributed by atoms with Crippen LogP contribution in [0.1, 0.15) is 18.5 Å². The number of hydrogen-bond donors (Lipinski definition) is 2. The fourth-order valence-electron chi connectivity index (χ4n) is 2.18. The summed E-state index contributed by atoms with van der Waals surface area (Å²) in [4.78, 5) is 15.6. The smallest absolute Gasteiger partial charge is 0.262 e. The molecule has 6 heteroatoms. The van der Waals surface area contributed by atoms with Gasteiger partial charge in [-0.3, -0.25) is 4.79 Å². The van der Waals surface area contributed by atoms with Crippen molar-refractivity contribution in [2.24, 2.45) is 0 Å². The lowest BCUT2D eigenvalue weighted by atomic mass is 10.1. The van der Waals surface area contributed by atoms with E-state index in [0.717, 1.165) is 15.9 Å². The first kappa shape index (κ1) is 13.9. The number of nitrogens with zero attached hydrogens (tertiary/aromatic N) is 1. The Hall–Kier alpha value is -2.08. The number of aromatic nitrogens is 1. The van der Waals surface area contributed by atoms with Crippen molar-refractivity contribution in [2.45, 2.75) is 13.0 Å². The van der Waals surface area contributed by atoms with Crippen LogP contribution in [-0.4, -0.2) is 17.5 Å². The molecule has 0 saturated heterocycles. The molecule has 1 aromatic heterocycles. The fraction of sp³-hybridized carbons (Fsp3) is 0.200. The lowest BCUT2D eigenvalue weighted by Crippen LogP contribution is -2.25. The minimum absolute atomic E-state index is 0.0645. The molecule has 1 aliphatic heterocycles. The molecule has 0 aliphatic carbocycles. The predicted molar refractivity (Wildman–Crippen MR) is 84.5 cm³/mol. The maximum Gasteiger partial charge on any atom is 0.262 e. The number of amides is 1. The molecule has 0 fully saturated rings. The Bertz CT molecular complexity index is 690. The van der Waals surface area contributed by atoms with Gasteiger partial charge in [0.25, 0.3) is 5.91 Å². The van der Waals surface area contributed by atoms with E-state index in [0.29, 0.717) is 11.4 Å². The lowest BCUT2D eigenvalue weighted by Gasteiger charge is -2.21. The normalized spacial score (nSPS) is 14.7. The summed E-state index contributed by atoms with van der Waals surface area (Å²) < 4.78 is 6.13. The fourth-order valence-corrected chi connectivity index (χ4v) is 2.55. The van der Waals surface area contributed by atoms with Gasteiger partial charge in [-0.15, -0.1) is 0 Å². The highest BCUT2D eigenvalue weighted by atomic mass is 79.9. The summed E-state index contributed by atoms with van der Waals surface area (Å²) in [6.07, 6.45) is 1.73. The lowest BCUT2D eigenvalue weighted by molar-refractivity contribution is -0.118. The molecule has 0 radical (unpaired) electrons. The van der Waals surface area contributed by atoms with Gasteiger partial charge in [-0.05, 0) is 52.7 Å². The first-order chi connectivity index (χ1) is 10.1. The van der Waals surface area contributed by atoms with E-state index in [1.807, 2.05) is 37.3 Å². The predicted octanol–water partition coefficient (Wildman–Crippen LogP) is 3.35. The molecule has 1 aliphatic rings. The van der Waals surface area contributed by atoms with Gasteiger partial charge in [0.15, 0.2) is 6.61 Å². The standard InChI is InChI=1S/C15H14BrN3O2/c1-9(18-11-3-2-6-17-15(11)16)10-4-5-13-12(7-10)19-14(20)8-21-13/h2-7,9,18H,8H2,1H3,(H,19,20). The number of benzene rings is 1. The summed E-state index contributed by atoms with van der Waals surface area (Å²) in [5, 5.41) is 6.20. The Kier molecular flexibility index (Phi) is 3.79. The van der Waals surface area contributed by atoms with Crippen molar-refractivity contribution in [1.29, 1.82) is 0 Å². The highest BCUT2D eigenvalue weighted by molar-refractivity contribution is 9.10. The number of halogens is 1. The van der Waals surface area contributed by atoms with Crippen LogP contribution in [0, 0.1) is 0 Å². The van der Waals surface area contributed by atoms with Crippen LogP contribution in [0.25, 0.3) is 0 Å². The van der Waals surface area contributed by atoms with Gasteiger partial charge >= 0.3 is 0 Å². The summed E-state index contributed by atoms with van der Waals surface area (Å²) in [7, 11) is 0. The molecule has 3 rings (SSSR count). The van der Waals surface area contributed by atoms with Gasteiger partial charge in [0.1, 0.15) is 10.4 Å². The second-order valence-corrected chi connectivity index (χ2v) is 5.55. The third kappa shape index (κ3) is 3.00. The zero-order valence-electron chi connectivity index (χ0n) is 11.4. The van der Waals surface area contributed by atoms with E-state index in [1.165, 1.54) is 0 Å². The number of pyridine rings is 1. The van der Waals surface area contributed by atoms with E-state index < -0.39 is 0 Å². The molecule has 5 nitrogen and oxygen atoms in total. The summed E-state index contributed by atoms with van der Waals surface area (Å²) >= 11 is 3.41. The number of carbonyl (C=O) groups is 1. The molecule has 2 heterocycles. The van der Waals surface area contributed by atoms with Gasteiger partial charge in [-0.25, -0.2) is 4.98 Å². The third-order valence-electron chi connectivity index (χ3n) is 3.27. The molecule has 0 bridgehead atoms. The molecule has 2 N–H and O–H groups in total. The van der Waals surface area contributed by atoms with Crippen LogP contribution < -0.4 is 15.4 Å². The Morgan fingerprint density at radius 3 is 3.10 bits per heavy atom. The zero-order chi connectivity index (χ0) is 14.8. The van der Waals surface area contributed by atoms with Crippen LogP contribution in [0.2, 0.25) is 0 Å². The molecular formula is C15H14BrN3O2. The topological polar surface area (TPSA) is 63.2 Å². The number of fused-ring (bicyclic) bond motifs is 1. The van der Waals surface area contributed by atoms with Gasteiger partial charge in [0, 0.05) is 12.2 Å². The van der Waals surface area contributed by atoms with E-state index in [-0.39, 0.29) is 18.6 Å². The molecule has 1 amide bonds. The van der Waals surface area contributed by atoms with Crippen LogP contribution in [0.3, 0.4) is 0 Å². The minimum Gasteiger partial charge on any atom is -0.482 e. The summed E-state index contributed by atoms with van der Waals surface area (Å²) in [5.41, 5.74) is 2.68. The second-order valence-electron chi connectivity index (χ2n) is 4.80. The van der Waals surface area contributed by atoms with E-state index in [1.54, 1.807) is 6.20 Å². The number of rotatable bonds is 3. The number of anilines is 2. The van der Waals surface area contributed by atoms with Gasteiger partial charge < -0.3 is 15.4 Å². The molecule has 1 unspecified atom stereocenters. The van der Waals surface area contributed by atoms with Crippen molar-refractivity contribution >= 4 is 33.2 Å². The number of nitrogens with one attached hydrogen (secondary N) is 2. The molecule has 1 aromatic carbocycles. The highest BCUT2D eigenvalue weighted by Crippen LogP contribution is 2.32. The highest BCUT2D eigenvalue weighted by Gasteiger charge is 2.17. The molecule has 1 atom stereocenters. The Labute approximate surface area is 130 Å². The molecular weight excluding hydrogens is 334 g/mol. The van der Waals surface area contributed by atoms with Gasteiger partial charge in [0.2, 0.25) is 0 Å². The maximum atomic E-state index is 11.4. The average molecular weight is 348 g/mol. The van der Waals surface area contributed by atoms with Gasteiger partial charge in [0.05, 0.1) is 11.4 Å². The molecule has 21 heavy (non-hydrogen) atoms. The van der Waals surface area contributed by atoms with E-state index >= 15 is 0 Å². The van der Waals surface area contributed by atoms with Crippen molar-refractivity contribution in [3.63, 3.8) is 0 Å². The van der Waals surface area contributed by atoms with E-state index in [2.05, 4.69) is 31.5 Å². The number of hydrogen-bond acceptors (Lipinski definition) is 4. The third-order valence-corrected chi connectivity index (χ3v) is 3.90. The van der Waals surface area contributed by atoms with Crippen LogP contribution >= 0.6 is 15.9 Å². The SMILES string of the molecule is CC(Nc1cccnc1Br)c1ccc2c(c1)NC(=O)CO2. The Balaban J connectivity index is 1.82. The number of carbonyl (C=O) groups excluding carboxylic acids is 1. The van der Waals surface area contributed by atoms with Gasteiger partial charge in [-0.2, -0.15) is 0 Å². The maximum absolute atomic E-state index is 11.4. The van der Waals surface area contributed by atoms with E-state index in [9.17, 15) is 4.79 Å². The zero-order valence-corrected chi connectivity index (χ0v) is 13.0. The van der Waals surface area contributed by atoms with Gasteiger partial charge in [-0.1, -0.05) is 6.07 Å². The summed E-state index contributed by atoms with van der Waals surface area (Å²) in [5.74, 6) is 0.573. The minimum atomic E-state index is -0.129. The monoisotopic (exact) mass is 347 g/mol. The first-order valence-corrected chi connectivity index (χ1v) is 7.36. The molecule has 0 spiro atoms. The van der Waals surface area contributed by atoms with Crippen LogP contribution in [0.5, 0.6) is 5.75 Å². The van der Waals surface area contributed by atoms with E-state index in [4.69, 9.17) is 4.74 Å². The quantitative estimate of drug-likeness (QED) is 0.835. The number of ether oxygens (including phenoxy) is 1. The Morgan fingerprint density at radius 1 is 1.43 bits per heavy atom. The second kappa shape index (κ2) is 5.73. The Morgan fingerprint density at radius 2 is 2.29 bits per heavy atom. The van der Waals surface area contributed by atoms with Crippen molar-refractivity contribution in [3.05, 3.63) is 46.7 Å². The van der Waals surface area contributed by atoms with Crippen molar-refractivity contribution < 1.29 is 9.53 Å². The largest absolute Gasteiger partial charge is 0.482 e. The van der Waals surface area contributed by atoms with Crippen molar-refractivity contribution in [1.82, 2.24) is 4.98 Å². The van der Waals surface area contributed by atoms with Crippen molar-refractivity contribution in [3.8, 4) is 5.75 Å². The van der Waals surface area contributed by atoms with Crippen LogP contribution in [0.4, 0.5) is 11.4 Å². The average Bonchev–Trinajstić information content (AvgIpc) is 2.48. The summed E-state index contributed by atoms with van der Waals surface area (Å²) in [6, 6.07) is 9.68. The molecule has 108 valence electrons. The molecule has 0 saturated carbocycles. The first-order valence-electron chi connectivity index (χ1n) is 6.57. The summed E-state index contributed by atoms with van der Waals surface area (Å²) in [6.45, 7) is 2.12. The van der Waals surface area contributed by atoms with Crippen LogP contribution in [0.15, 0.2) is 41.1 Å².